The number of nitrogens with one attached hydrogen (secondary N) is 1. The summed E-state index contributed by atoms with van der Waals surface area (Å²) in [6, 6.07) is 16.5. The summed E-state index contributed by atoms with van der Waals surface area (Å²) in [6.45, 7) is 3.34. The lowest BCUT2D eigenvalue weighted by Gasteiger charge is -2.19. The largest absolute Gasteiger partial charge is 0.505 e. The third-order valence-electron chi connectivity index (χ3n) is 9.45. The van der Waals surface area contributed by atoms with Gasteiger partial charge in [-0.2, -0.15) is 12.7 Å². The third-order valence-corrected chi connectivity index (χ3v) is 12.7. The second-order valence-electron chi connectivity index (χ2n) is 12.8. The molecule has 1 heterocycles. The monoisotopic (exact) mass is 865 g/mol. The number of fused-ring (bicyclic) bond motifs is 2. The number of azo groups is 1. The van der Waals surface area contributed by atoms with E-state index in [1.165, 1.54) is 86.3 Å². The zero-order valence-corrected chi connectivity index (χ0v) is 34.4. The van der Waals surface area contributed by atoms with E-state index in [0.717, 1.165) is 4.90 Å². The van der Waals surface area contributed by atoms with E-state index in [2.05, 4.69) is 15.5 Å². The number of methoxy groups -OCH3 is 3. The third kappa shape index (κ3) is 7.89. The van der Waals surface area contributed by atoms with Gasteiger partial charge < -0.3 is 24.6 Å². The van der Waals surface area contributed by atoms with Crippen LogP contribution in [0.5, 0.6) is 23.0 Å². The summed E-state index contributed by atoms with van der Waals surface area (Å²) in [5, 5.41) is 22.2. The summed E-state index contributed by atoms with van der Waals surface area (Å²) >= 11 is 6.31. The van der Waals surface area contributed by atoms with Crippen molar-refractivity contribution in [2.45, 2.75) is 30.2 Å². The van der Waals surface area contributed by atoms with E-state index in [1.54, 1.807) is 26.0 Å². The molecule has 5 aromatic rings. The van der Waals surface area contributed by atoms with E-state index in [-0.39, 0.29) is 85.6 Å². The van der Waals surface area contributed by atoms with Crippen LogP contribution in [0.3, 0.4) is 0 Å². The zero-order chi connectivity index (χ0) is 43.0. The van der Waals surface area contributed by atoms with Crippen LogP contribution in [0.25, 0.3) is 10.8 Å². The first-order valence-electron chi connectivity index (χ1n) is 17.6. The first kappa shape index (κ1) is 42.5. The number of phenolic OH excluding ortho intramolecular Hbond substituents is 1. The van der Waals surface area contributed by atoms with Gasteiger partial charge in [0.2, 0.25) is 10.0 Å². The van der Waals surface area contributed by atoms with Gasteiger partial charge in [0.25, 0.3) is 27.8 Å². The molecular formula is C39H36ClN5O12S2. The molecule has 3 N–H and O–H groups in total. The van der Waals surface area contributed by atoms with E-state index >= 15 is 0 Å². The highest BCUT2D eigenvalue weighted by Crippen LogP contribution is 2.46. The number of carbonyl (C=O) groups excluding carboxylic acids is 3. The molecule has 0 atom stereocenters. The Morgan fingerprint density at radius 2 is 1.44 bits per heavy atom. The molecule has 0 spiro atoms. The van der Waals surface area contributed by atoms with Crippen molar-refractivity contribution in [2.75, 3.05) is 39.7 Å². The van der Waals surface area contributed by atoms with E-state index in [0.29, 0.717) is 0 Å². The van der Waals surface area contributed by atoms with Gasteiger partial charge in [0.1, 0.15) is 39.1 Å². The van der Waals surface area contributed by atoms with Crippen molar-refractivity contribution in [3.63, 3.8) is 0 Å². The number of ether oxygens (including phenoxy) is 3. The fraction of sp³-hybridized carbons (Fsp3) is 0.205. The lowest BCUT2D eigenvalue weighted by molar-refractivity contribution is 0.0642. The molecule has 5 aromatic carbocycles. The summed E-state index contributed by atoms with van der Waals surface area (Å²) in [5.74, 6) is -3.31. The molecule has 0 aliphatic carbocycles. The number of halogens is 1. The van der Waals surface area contributed by atoms with Crippen molar-refractivity contribution in [3.8, 4) is 23.0 Å². The number of rotatable bonds is 14. The summed E-state index contributed by atoms with van der Waals surface area (Å²) in [6.07, 6.45) is 0. The van der Waals surface area contributed by atoms with Crippen LogP contribution < -0.4 is 19.5 Å². The summed E-state index contributed by atoms with van der Waals surface area (Å²) < 4.78 is 81.3. The van der Waals surface area contributed by atoms with E-state index < -0.39 is 59.8 Å². The smallest absolute Gasteiger partial charge is 0.296 e. The van der Waals surface area contributed by atoms with Gasteiger partial charge in [-0.25, -0.2) is 8.42 Å². The Morgan fingerprint density at radius 3 is 2.02 bits per heavy atom. The van der Waals surface area contributed by atoms with Crippen molar-refractivity contribution in [2.24, 2.45) is 10.2 Å². The van der Waals surface area contributed by atoms with Crippen LogP contribution in [0.2, 0.25) is 5.02 Å². The highest BCUT2D eigenvalue weighted by atomic mass is 35.5. The minimum Gasteiger partial charge on any atom is -0.505 e. The molecule has 1 aliphatic rings. The van der Waals surface area contributed by atoms with Crippen molar-refractivity contribution < 1.29 is 55.1 Å². The molecule has 0 fully saturated rings. The van der Waals surface area contributed by atoms with Crippen molar-refractivity contribution in [3.05, 3.63) is 100 Å². The number of amides is 3. The number of imide groups is 1. The molecule has 0 bridgehead atoms. The maximum Gasteiger partial charge on any atom is 0.296 e. The minimum absolute atomic E-state index is 0.0167. The van der Waals surface area contributed by atoms with Gasteiger partial charge in [-0.15, -0.1) is 10.2 Å². The molecule has 308 valence electrons. The fourth-order valence-electron chi connectivity index (χ4n) is 6.58. The molecule has 3 amide bonds. The molecule has 59 heavy (non-hydrogen) atoms. The molecular weight excluding hydrogens is 830 g/mol. The predicted molar refractivity (Wildman–Crippen MR) is 216 cm³/mol. The van der Waals surface area contributed by atoms with Crippen LogP contribution in [-0.4, -0.2) is 87.8 Å². The van der Waals surface area contributed by atoms with Crippen LogP contribution >= 0.6 is 11.6 Å². The molecule has 0 aromatic heterocycles. The number of sulfonamides is 1. The van der Waals surface area contributed by atoms with Crippen molar-refractivity contribution in [1.29, 1.82) is 0 Å². The predicted octanol–water partition coefficient (Wildman–Crippen LogP) is 6.97. The maximum atomic E-state index is 14.2. The average molecular weight is 866 g/mol. The van der Waals surface area contributed by atoms with Crippen LogP contribution in [0, 0.1) is 0 Å². The Hall–Kier alpha value is -6.12. The first-order valence-corrected chi connectivity index (χ1v) is 20.8. The van der Waals surface area contributed by atoms with Gasteiger partial charge >= 0.3 is 0 Å². The normalized spacial score (nSPS) is 13.1. The van der Waals surface area contributed by atoms with Gasteiger partial charge in [-0.3, -0.25) is 23.8 Å². The zero-order valence-electron chi connectivity index (χ0n) is 32.0. The van der Waals surface area contributed by atoms with E-state index in [9.17, 15) is 40.9 Å². The molecule has 0 saturated carbocycles. The quantitative estimate of drug-likeness (QED) is 0.0584. The van der Waals surface area contributed by atoms with E-state index in [1.807, 2.05) is 0 Å². The fourth-order valence-corrected chi connectivity index (χ4v) is 9.20. The molecule has 0 radical (unpaired) electrons. The second kappa shape index (κ2) is 16.6. The SMILES string of the molecule is CCN(CC)S(=O)(=O)c1ccc(OC)c(N=Nc2c(O)c(C(=O)Nc3cc(Cl)c(OC)cc3OC)c(S(=O)(=O)O)c3cc(CN4C(=O)c5ccccc5C4=O)ccc23)c1. The molecule has 1 aliphatic heterocycles. The van der Waals surface area contributed by atoms with Crippen LogP contribution in [0.15, 0.2) is 92.8 Å². The van der Waals surface area contributed by atoms with Crippen LogP contribution in [-0.2, 0) is 26.7 Å². The lowest BCUT2D eigenvalue weighted by atomic mass is 10.00. The van der Waals surface area contributed by atoms with Gasteiger partial charge in [0.05, 0.1) is 54.6 Å². The number of aromatic hydroxyl groups is 1. The van der Waals surface area contributed by atoms with Crippen LogP contribution in [0.4, 0.5) is 17.1 Å². The van der Waals surface area contributed by atoms with Crippen molar-refractivity contribution >= 4 is 77.3 Å². The van der Waals surface area contributed by atoms with Gasteiger partial charge in [-0.1, -0.05) is 49.7 Å². The first-order chi connectivity index (χ1) is 28.0. The van der Waals surface area contributed by atoms with Gasteiger partial charge in [0.15, 0.2) is 5.75 Å². The van der Waals surface area contributed by atoms with Crippen molar-refractivity contribution in [1.82, 2.24) is 9.21 Å². The molecule has 0 saturated heterocycles. The standard InChI is InChI=1S/C39H36ClN5O12S2/c1-6-44(7-2)58(50,51)22-13-15-30(55-3)29(17-22)42-43-34-23-14-12-21(20-45-38(48)24-10-8-9-11-25(24)39(45)49)16-26(23)36(59(52,53)54)33(35(34)46)37(47)41-28-18-27(40)31(56-4)19-32(28)57-5/h8-19,46H,6-7,20H2,1-5H3,(H,41,47)(H,52,53,54). The molecule has 0 unspecified atom stereocenters. The number of hydrogen-bond donors (Lipinski definition) is 3. The Morgan fingerprint density at radius 1 is 0.814 bits per heavy atom. The number of benzene rings is 5. The van der Waals surface area contributed by atoms with E-state index in [4.69, 9.17) is 25.8 Å². The Balaban J connectivity index is 1.58. The molecule has 17 nitrogen and oxygen atoms in total. The van der Waals surface area contributed by atoms with Crippen LogP contribution in [0.1, 0.15) is 50.5 Å². The summed E-state index contributed by atoms with van der Waals surface area (Å²) in [5.41, 5.74) is -1.20. The number of carbonyl (C=O) groups is 3. The summed E-state index contributed by atoms with van der Waals surface area (Å²) in [7, 11) is -5.47. The highest BCUT2D eigenvalue weighted by Gasteiger charge is 2.36. The Kier molecular flexibility index (Phi) is 12.0. The minimum atomic E-state index is -5.40. The number of nitrogens with zero attached hydrogens (tertiary/aromatic N) is 4. The Labute approximate surface area is 343 Å². The highest BCUT2D eigenvalue weighted by molar-refractivity contribution is 7.89. The average Bonchev–Trinajstić information content (AvgIpc) is 3.44. The number of hydrogen-bond acceptors (Lipinski definition) is 13. The topological polar surface area (TPSA) is 231 Å². The lowest BCUT2D eigenvalue weighted by Crippen LogP contribution is -2.30. The second-order valence-corrected chi connectivity index (χ2v) is 16.5. The molecule has 6 rings (SSSR count). The number of anilines is 1. The Bertz CT molecular complexity index is 2780. The summed E-state index contributed by atoms with van der Waals surface area (Å²) in [4.78, 5) is 40.4. The van der Waals surface area contributed by atoms with Gasteiger partial charge in [-0.05, 0) is 48.0 Å². The molecule has 20 heteroatoms. The maximum absolute atomic E-state index is 14.2. The van der Waals surface area contributed by atoms with Gasteiger partial charge in [0, 0.05) is 29.9 Å². The number of phenols is 1.